The molecule has 2 unspecified atom stereocenters. The van der Waals surface area contributed by atoms with Gasteiger partial charge in [0.1, 0.15) is 24.7 Å². The molecule has 0 fully saturated rings. The lowest BCUT2D eigenvalue weighted by Crippen LogP contribution is -2.31. The highest BCUT2D eigenvalue weighted by Gasteiger charge is 2.14. The second-order valence-corrected chi connectivity index (χ2v) is 11.2. The van der Waals surface area contributed by atoms with Crippen LogP contribution in [0.25, 0.3) is 0 Å². The summed E-state index contributed by atoms with van der Waals surface area (Å²) in [5, 5.41) is 6.84. The van der Waals surface area contributed by atoms with E-state index in [2.05, 4.69) is 31.4 Å². The van der Waals surface area contributed by atoms with Crippen LogP contribution in [0.2, 0.25) is 0 Å². The molecule has 0 aliphatic heterocycles. The van der Waals surface area contributed by atoms with Gasteiger partial charge in [-0.2, -0.15) is 0 Å². The van der Waals surface area contributed by atoms with Crippen LogP contribution in [0.1, 0.15) is 72.8 Å². The van der Waals surface area contributed by atoms with Crippen LogP contribution in [0.5, 0.6) is 5.75 Å². The molecule has 8 nitrogen and oxygen atoms in total. The second-order valence-electron chi connectivity index (χ2n) is 11.2. The van der Waals surface area contributed by atoms with Crippen LogP contribution in [0.15, 0.2) is 24.3 Å². The highest BCUT2D eigenvalue weighted by atomic mass is 16.5. The molecule has 40 heavy (non-hydrogen) atoms. The summed E-state index contributed by atoms with van der Waals surface area (Å²) in [5.74, 6) is 1.19. The van der Waals surface area contributed by atoms with Crippen LogP contribution < -0.4 is 15.4 Å². The van der Waals surface area contributed by atoms with E-state index in [1.54, 1.807) is 0 Å². The van der Waals surface area contributed by atoms with Crippen molar-refractivity contribution in [2.75, 3.05) is 59.3 Å². The van der Waals surface area contributed by atoms with Gasteiger partial charge >= 0.3 is 0 Å². The maximum atomic E-state index is 12.4. The Morgan fingerprint density at radius 1 is 0.700 bits per heavy atom. The SMILES string of the molecule is CC(C)NCCCCOCCOCCOCC(=O)C(C)CCC(C)NCCOc1ccc(CC(=O)C(C)C)cc1. The van der Waals surface area contributed by atoms with E-state index in [0.29, 0.717) is 45.5 Å². The van der Waals surface area contributed by atoms with Gasteiger partial charge in [0.15, 0.2) is 5.78 Å². The third kappa shape index (κ3) is 19.3. The zero-order chi connectivity index (χ0) is 29.6. The number of nitrogens with one attached hydrogen (secondary N) is 2. The Balaban J connectivity index is 1.99. The van der Waals surface area contributed by atoms with Crippen molar-refractivity contribution in [1.82, 2.24) is 10.6 Å². The molecule has 0 aromatic heterocycles. The highest BCUT2D eigenvalue weighted by molar-refractivity contribution is 5.82. The van der Waals surface area contributed by atoms with Crippen molar-refractivity contribution in [2.45, 2.75) is 85.7 Å². The first-order valence-electron chi connectivity index (χ1n) is 15.2. The lowest BCUT2D eigenvalue weighted by molar-refractivity contribution is -0.127. The highest BCUT2D eigenvalue weighted by Crippen LogP contribution is 2.14. The maximum Gasteiger partial charge on any atom is 0.161 e. The lowest BCUT2D eigenvalue weighted by atomic mass is 9.98. The molecular formula is C32H56N2O6. The zero-order valence-electron chi connectivity index (χ0n) is 26.0. The fourth-order valence-corrected chi connectivity index (χ4v) is 3.82. The van der Waals surface area contributed by atoms with Gasteiger partial charge in [-0.25, -0.2) is 0 Å². The fourth-order valence-electron chi connectivity index (χ4n) is 3.82. The average molecular weight is 565 g/mol. The first kappa shape index (κ1) is 36.2. The molecule has 8 heteroatoms. The molecule has 0 heterocycles. The Bertz CT molecular complexity index is 784. The zero-order valence-corrected chi connectivity index (χ0v) is 26.0. The molecule has 0 saturated heterocycles. The molecule has 2 atom stereocenters. The van der Waals surface area contributed by atoms with Gasteiger partial charge in [-0.3, -0.25) is 9.59 Å². The maximum absolute atomic E-state index is 12.4. The van der Waals surface area contributed by atoms with E-state index >= 15 is 0 Å². The number of unbranched alkanes of at least 4 members (excludes halogenated alkanes) is 1. The summed E-state index contributed by atoms with van der Waals surface area (Å²) in [6, 6.07) is 8.55. The lowest BCUT2D eigenvalue weighted by Gasteiger charge is -2.17. The summed E-state index contributed by atoms with van der Waals surface area (Å²) in [6.45, 7) is 17.4. The molecule has 0 amide bonds. The number of benzene rings is 1. The van der Waals surface area contributed by atoms with Crippen LogP contribution in [0.3, 0.4) is 0 Å². The molecule has 0 aliphatic rings. The summed E-state index contributed by atoms with van der Waals surface area (Å²) in [5.41, 5.74) is 1.01. The Hall–Kier alpha value is -1.84. The number of hydrogen-bond donors (Lipinski definition) is 2. The molecule has 1 rings (SSSR count). The van der Waals surface area contributed by atoms with Gasteiger partial charge in [-0.1, -0.05) is 46.8 Å². The third-order valence-corrected chi connectivity index (χ3v) is 6.65. The van der Waals surface area contributed by atoms with Gasteiger partial charge in [-0.15, -0.1) is 0 Å². The smallest absolute Gasteiger partial charge is 0.161 e. The summed E-state index contributed by atoms with van der Waals surface area (Å²) in [6.07, 6.45) is 4.35. The Morgan fingerprint density at radius 2 is 1.35 bits per heavy atom. The minimum atomic E-state index is -0.0355. The molecule has 0 bridgehead atoms. The van der Waals surface area contributed by atoms with Gasteiger partial charge in [0.05, 0.1) is 26.4 Å². The number of hydrogen-bond acceptors (Lipinski definition) is 8. The fraction of sp³-hybridized carbons (Fsp3) is 0.750. The molecule has 1 aromatic rings. The quantitative estimate of drug-likeness (QED) is 0.157. The minimum absolute atomic E-state index is 0.0355. The summed E-state index contributed by atoms with van der Waals surface area (Å²) in [7, 11) is 0. The Kier molecular flexibility index (Phi) is 20.6. The van der Waals surface area contributed by atoms with Crippen molar-refractivity contribution >= 4 is 11.6 Å². The summed E-state index contributed by atoms with van der Waals surface area (Å²) >= 11 is 0. The molecule has 2 N–H and O–H groups in total. The average Bonchev–Trinajstić information content (AvgIpc) is 2.92. The van der Waals surface area contributed by atoms with Crippen molar-refractivity contribution in [2.24, 2.45) is 11.8 Å². The first-order valence-corrected chi connectivity index (χ1v) is 15.2. The Labute approximate surface area is 243 Å². The number of rotatable bonds is 26. The predicted molar refractivity (Wildman–Crippen MR) is 161 cm³/mol. The van der Waals surface area contributed by atoms with E-state index < -0.39 is 0 Å². The van der Waals surface area contributed by atoms with Crippen molar-refractivity contribution < 1.29 is 28.5 Å². The van der Waals surface area contributed by atoms with E-state index in [9.17, 15) is 9.59 Å². The van der Waals surface area contributed by atoms with Gasteiger partial charge < -0.3 is 29.6 Å². The molecule has 0 aliphatic carbocycles. The van der Waals surface area contributed by atoms with E-state index in [1.165, 1.54) is 0 Å². The topological polar surface area (TPSA) is 95.1 Å². The molecule has 230 valence electrons. The Morgan fingerprint density at radius 3 is 2.00 bits per heavy atom. The molecular weight excluding hydrogens is 508 g/mol. The van der Waals surface area contributed by atoms with Gasteiger partial charge in [0.25, 0.3) is 0 Å². The van der Waals surface area contributed by atoms with E-state index in [-0.39, 0.29) is 36.1 Å². The predicted octanol–water partition coefficient (Wildman–Crippen LogP) is 4.62. The molecule has 0 radical (unpaired) electrons. The van der Waals surface area contributed by atoms with Crippen LogP contribution in [-0.2, 0) is 30.2 Å². The minimum Gasteiger partial charge on any atom is -0.492 e. The van der Waals surface area contributed by atoms with Crippen LogP contribution in [0.4, 0.5) is 0 Å². The third-order valence-electron chi connectivity index (χ3n) is 6.65. The van der Waals surface area contributed by atoms with Gasteiger partial charge in [0, 0.05) is 43.5 Å². The number of Topliss-reactive ketones (excluding diaryl/α,β-unsaturated/α-hetero) is 2. The number of carbonyl (C=O) groups is 2. The second kappa shape index (κ2) is 22.8. The molecule has 1 aromatic carbocycles. The van der Waals surface area contributed by atoms with E-state index in [0.717, 1.165) is 56.7 Å². The van der Waals surface area contributed by atoms with E-state index in [4.69, 9.17) is 18.9 Å². The van der Waals surface area contributed by atoms with Crippen molar-refractivity contribution in [3.8, 4) is 5.75 Å². The van der Waals surface area contributed by atoms with Crippen LogP contribution in [-0.4, -0.2) is 83.0 Å². The molecule has 0 saturated carbocycles. The van der Waals surface area contributed by atoms with Crippen LogP contribution in [0, 0.1) is 11.8 Å². The monoisotopic (exact) mass is 564 g/mol. The molecule has 0 spiro atoms. The standard InChI is InChI=1S/C32H56N2O6/c1-25(2)31(35)23-29-11-13-30(14-12-29)40-18-16-34-28(6)10-9-27(5)32(36)24-39-22-21-38-20-19-37-17-8-7-15-33-26(3)4/h11-14,25-28,33-34H,7-10,15-24H2,1-6H3. The summed E-state index contributed by atoms with van der Waals surface area (Å²) < 4.78 is 22.4. The number of carbonyl (C=O) groups excluding carboxylic acids is 2. The van der Waals surface area contributed by atoms with Gasteiger partial charge in [-0.05, 0) is 56.8 Å². The summed E-state index contributed by atoms with van der Waals surface area (Å²) in [4.78, 5) is 24.2. The van der Waals surface area contributed by atoms with Crippen molar-refractivity contribution in [1.29, 1.82) is 0 Å². The first-order chi connectivity index (χ1) is 19.2. The number of ether oxygens (including phenoxy) is 4. The van der Waals surface area contributed by atoms with Gasteiger partial charge in [0.2, 0.25) is 0 Å². The van der Waals surface area contributed by atoms with Crippen molar-refractivity contribution in [3.63, 3.8) is 0 Å². The van der Waals surface area contributed by atoms with Crippen LogP contribution >= 0.6 is 0 Å². The largest absolute Gasteiger partial charge is 0.492 e. The van der Waals surface area contributed by atoms with Crippen molar-refractivity contribution in [3.05, 3.63) is 29.8 Å². The number of ketones is 2. The van der Waals surface area contributed by atoms with E-state index in [1.807, 2.05) is 45.0 Å². The normalized spacial score (nSPS) is 13.1.